The van der Waals surface area contributed by atoms with Gasteiger partial charge in [-0.1, -0.05) is 11.6 Å². The molecule has 2 heterocycles. The molecule has 0 atom stereocenters. The Kier molecular flexibility index (Phi) is 2.66. The van der Waals surface area contributed by atoms with Gasteiger partial charge in [0.1, 0.15) is 5.82 Å². The predicted octanol–water partition coefficient (Wildman–Crippen LogP) is 1.63. The largest absolute Gasteiger partial charge is 0.452 e. The molecule has 0 aliphatic heterocycles. The number of nitrogens with zero attached hydrogens (tertiary/aromatic N) is 3. The Morgan fingerprint density at radius 2 is 2.06 bits per heavy atom. The van der Waals surface area contributed by atoms with E-state index in [9.17, 15) is 18.0 Å². The van der Waals surface area contributed by atoms with Crippen LogP contribution in [0.5, 0.6) is 0 Å². The summed E-state index contributed by atoms with van der Waals surface area (Å²) in [5, 5.41) is 4.88. The Hall–Kier alpha value is -1.83. The van der Waals surface area contributed by atoms with Gasteiger partial charge in [-0.2, -0.15) is 13.2 Å². The smallest absolute Gasteiger partial charge is 0.246 e. The topological polar surface area (TPSA) is 63.6 Å². The van der Waals surface area contributed by atoms with Gasteiger partial charge in [-0.3, -0.25) is 0 Å². The van der Waals surface area contributed by atoms with Crippen LogP contribution < -0.4 is 5.69 Å². The Balaban J connectivity index is 2.63. The average molecular weight is 265 g/mol. The van der Waals surface area contributed by atoms with E-state index in [1.807, 2.05) is 0 Å². The molecule has 2 rings (SSSR count). The Morgan fingerprint density at radius 3 is 2.59 bits per heavy atom. The van der Waals surface area contributed by atoms with Gasteiger partial charge in [0.15, 0.2) is 0 Å². The molecule has 0 saturated carbocycles. The average Bonchev–Trinajstić information content (AvgIpc) is 2.61. The number of nitrogens with one attached hydrogen (secondary N) is 1. The van der Waals surface area contributed by atoms with Gasteiger partial charge in [-0.15, -0.1) is 5.10 Å². The molecule has 0 spiro atoms. The van der Waals surface area contributed by atoms with Crippen LogP contribution in [-0.2, 0) is 6.18 Å². The molecule has 0 radical (unpaired) electrons. The quantitative estimate of drug-likeness (QED) is 0.851. The molecule has 2 aromatic heterocycles. The van der Waals surface area contributed by atoms with Crippen molar-refractivity contribution in [2.24, 2.45) is 0 Å². The molecule has 9 heteroatoms. The second-order valence-corrected chi connectivity index (χ2v) is 3.46. The summed E-state index contributed by atoms with van der Waals surface area (Å²) >= 11 is 5.55. The highest BCUT2D eigenvalue weighted by Gasteiger charge is 2.38. The van der Waals surface area contributed by atoms with Crippen LogP contribution in [0.15, 0.2) is 23.1 Å². The molecule has 5 nitrogen and oxygen atoms in total. The van der Waals surface area contributed by atoms with E-state index in [-0.39, 0.29) is 10.8 Å². The first-order chi connectivity index (χ1) is 7.89. The lowest BCUT2D eigenvalue weighted by Crippen LogP contribution is -2.22. The third-order valence-electron chi connectivity index (χ3n) is 1.87. The van der Waals surface area contributed by atoms with Crippen LogP contribution in [0, 0.1) is 0 Å². The lowest BCUT2D eigenvalue weighted by Gasteiger charge is -2.07. The molecule has 2 aromatic rings. The van der Waals surface area contributed by atoms with Crippen molar-refractivity contribution in [1.82, 2.24) is 19.7 Å². The van der Waals surface area contributed by atoms with Gasteiger partial charge in [0, 0.05) is 6.20 Å². The summed E-state index contributed by atoms with van der Waals surface area (Å²) in [5.41, 5.74) is -1.02. The molecule has 90 valence electrons. The molecule has 0 saturated heterocycles. The van der Waals surface area contributed by atoms with E-state index in [1.54, 1.807) is 5.10 Å². The SMILES string of the molecule is O=c1[nH]nc(C(F)(F)F)n1-c1ccc(Cl)cn1. The first-order valence-corrected chi connectivity index (χ1v) is 4.64. The predicted molar refractivity (Wildman–Crippen MR) is 52.0 cm³/mol. The van der Waals surface area contributed by atoms with Gasteiger partial charge in [-0.25, -0.2) is 19.4 Å². The number of halogens is 4. The fraction of sp³-hybridized carbons (Fsp3) is 0.125. The highest BCUT2D eigenvalue weighted by atomic mass is 35.5. The summed E-state index contributed by atoms with van der Waals surface area (Å²) in [6.07, 6.45) is -3.61. The van der Waals surface area contributed by atoms with Crippen LogP contribution in [0.25, 0.3) is 5.82 Å². The summed E-state index contributed by atoms with van der Waals surface area (Å²) in [6.45, 7) is 0. The molecule has 0 amide bonds. The number of aromatic amines is 1. The van der Waals surface area contributed by atoms with Gasteiger partial charge in [0.25, 0.3) is 0 Å². The zero-order valence-corrected chi connectivity index (χ0v) is 8.75. The van der Waals surface area contributed by atoms with Crippen LogP contribution in [0.4, 0.5) is 13.2 Å². The van der Waals surface area contributed by atoms with Gasteiger partial charge >= 0.3 is 11.9 Å². The fourth-order valence-corrected chi connectivity index (χ4v) is 1.31. The van der Waals surface area contributed by atoms with Crippen molar-refractivity contribution in [2.75, 3.05) is 0 Å². The van der Waals surface area contributed by atoms with Crippen molar-refractivity contribution in [3.8, 4) is 5.82 Å². The van der Waals surface area contributed by atoms with Crippen molar-refractivity contribution in [3.63, 3.8) is 0 Å². The van der Waals surface area contributed by atoms with Gasteiger partial charge in [0.2, 0.25) is 5.82 Å². The second kappa shape index (κ2) is 3.88. The molecule has 0 unspecified atom stereocenters. The molecule has 0 aliphatic rings. The third kappa shape index (κ3) is 2.16. The fourth-order valence-electron chi connectivity index (χ4n) is 1.20. The molecule has 0 aliphatic carbocycles. The molecule has 0 fully saturated rings. The highest BCUT2D eigenvalue weighted by molar-refractivity contribution is 6.30. The number of hydrogen-bond donors (Lipinski definition) is 1. The van der Waals surface area contributed by atoms with Crippen LogP contribution in [0.3, 0.4) is 0 Å². The lowest BCUT2D eigenvalue weighted by atomic mass is 10.4. The summed E-state index contributed by atoms with van der Waals surface area (Å²) < 4.78 is 37.9. The van der Waals surface area contributed by atoms with Crippen molar-refractivity contribution in [3.05, 3.63) is 39.7 Å². The molecule has 0 aromatic carbocycles. The zero-order chi connectivity index (χ0) is 12.6. The number of hydrogen-bond acceptors (Lipinski definition) is 3. The summed E-state index contributed by atoms with van der Waals surface area (Å²) in [7, 11) is 0. The van der Waals surface area contributed by atoms with Crippen LogP contribution in [0.2, 0.25) is 5.02 Å². The maximum Gasteiger partial charge on any atom is 0.452 e. The van der Waals surface area contributed by atoms with Crippen molar-refractivity contribution in [2.45, 2.75) is 6.18 Å². The van der Waals surface area contributed by atoms with Gasteiger partial charge < -0.3 is 0 Å². The molecule has 0 bridgehead atoms. The first kappa shape index (κ1) is 11.6. The van der Waals surface area contributed by atoms with Crippen LogP contribution in [0.1, 0.15) is 5.82 Å². The maximum atomic E-state index is 12.5. The van der Waals surface area contributed by atoms with Crippen molar-refractivity contribution >= 4 is 11.6 Å². The minimum absolute atomic E-state index is 0.208. The third-order valence-corrected chi connectivity index (χ3v) is 2.09. The van der Waals surface area contributed by atoms with Gasteiger partial charge in [0.05, 0.1) is 5.02 Å². The first-order valence-electron chi connectivity index (χ1n) is 4.26. The van der Waals surface area contributed by atoms with E-state index in [2.05, 4.69) is 10.1 Å². The molecule has 17 heavy (non-hydrogen) atoms. The summed E-state index contributed by atoms with van der Waals surface area (Å²) in [5.74, 6) is -1.57. The summed E-state index contributed by atoms with van der Waals surface area (Å²) in [4.78, 5) is 14.9. The van der Waals surface area contributed by atoms with E-state index in [0.29, 0.717) is 4.57 Å². The van der Waals surface area contributed by atoms with Crippen molar-refractivity contribution < 1.29 is 13.2 Å². The Labute approximate surface area is 96.9 Å². The van der Waals surface area contributed by atoms with Crippen LogP contribution >= 0.6 is 11.6 Å². The maximum absolute atomic E-state index is 12.5. The lowest BCUT2D eigenvalue weighted by molar-refractivity contribution is -0.146. The molecular formula is C8H4ClF3N4O. The number of rotatable bonds is 1. The second-order valence-electron chi connectivity index (χ2n) is 3.02. The van der Waals surface area contributed by atoms with Gasteiger partial charge in [-0.05, 0) is 12.1 Å². The number of aromatic nitrogens is 4. The van der Waals surface area contributed by atoms with E-state index < -0.39 is 17.7 Å². The zero-order valence-electron chi connectivity index (χ0n) is 7.99. The molecule has 1 N–H and O–H groups in total. The van der Waals surface area contributed by atoms with Crippen molar-refractivity contribution in [1.29, 1.82) is 0 Å². The number of alkyl halides is 3. The van der Waals surface area contributed by atoms with Crippen LogP contribution in [-0.4, -0.2) is 19.7 Å². The molecular weight excluding hydrogens is 261 g/mol. The Morgan fingerprint density at radius 1 is 1.35 bits per heavy atom. The number of H-pyrrole nitrogens is 1. The normalized spacial score (nSPS) is 11.8. The summed E-state index contributed by atoms with van der Waals surface area (Å²) in [6, 6.07) is 2.51. The monoisotopic (exact) mass is 264 g/mol. The number of pyridine rings is 1. The minimum Gasteiger partial charge on any atom is -0.246 e. The standard InChI is InChI=1S/C8H4ClF3N4O/c9-4-1-2-5(13-3-4)16-6(8(10,11)12)14-15-7(16)17/h1-3H,(H,15,17). The highest BCUT2D eigenvalue weighted by Crippen LogP contribution is 2.27. The van der Waals surface area contributed by atoms with E-state index >= 15 is 0 Å². The van der Waals surface area contributed by atoms with E-state index in [0.717, 1.165) is 6.20 Å². The Bertz CT molecular complexity index is 586. The van der Waals surface area contributed by atoms with E-state index in [1.165, 1.54) is 12.1 Å². The van der Waals surface area contributed by atoms with E-state index in [4.69, 9.17) is 11.6 Å². The minimum atomic E-state index is -4.75.